The van der Waals surface area contributed by atoms with E-state index in [2.05, 4.69) is 11.4 Å². The molecule has 1 aliphatic rings. The number of benzene rings is 2. The highest BCUT2D eigenvalue weighted by Gasteiger charge is 2.24. The number of amides is 2. The van der Waals surface area contributed by atoms with Gasteiger partial charge in [0.2, 0.25) is 0 Å². The fraction of sp³-hybridized carbons (Fsp3) is 0.350. The maximum Gasteiger partial charge on any atom is 0.321 e. The normalized spacial score (nSPS) is 17.1. The molecule has 27 heavy (non-hydrogen) atoms. The summed E-state index contributed by atoms with van der Waals surface area (Å²) in [5, 5.41) is 4.03. The molecule has 5 nitrogen and oxygen atoms in total. The third-order valence-corrected chi connectivity index (χ3v) is 6.18. The topological polar surface area (TPSA) is 50.8 Å². The number of hydrogen-bond donors (Lipinski definition) is 1. The summed E-state index contributed by atoms with van der Waals surface area (Å²) in [5.74, 6) is 1.96. The van der Waals surface area contributed by atoms with E-state index in [1.165, 1.54) is 0 Å². The number of anilines is 1. The Morgan fingerprint density at radius 3 is 2.70 bits per heavy atom. The average molecular weight is 407 g/mol. The van der Waals surface area contributed by atoms with Crippen LogP contribution >= 0.6 is 23.4 Å². The van der Waals surface area contributed by atoms with Gasteiger partial charge in [0, 0.05) is 29.1 Å². The van der Waals surface area contributed by atoms with Gasteiger partial charge in [0.05, 0.1) is 19.9 Å². The number of nitrogens with zero attached hydrogens (tertiary/aromatic N) is 1. The lowest BCUT2D eigenvalue weighted by Crippen LogP contribution is -2.36. The van der Waals surface area contributed by atoms with Gasteiger partial charge in [-0.2, -0.15) is 11.8 Å². The zero-order valence-corrected chi connectivity index (χ0v) is 17.0. The number of urea groups is 1. The molecule has 0 aromatic heterocycles. The second-order valence-corrected chi connectivity index (χ2v) is 7.85. The van der Waals surface area contributed by atoms with Crippen LogP contribution in [-0.2, 0) is 0 Å². The van der Waals surface area contributed by atoms with Crippen molar-refractivity contribution in [3.63, 3.8) is 0 Å². The second-order valence-electron chi connectivity index (χ2n) is 6.13. The fourth-order valence-electron chi connectivity index (χ4n) is 3.14. The van der Waals surface area contributed by atoms with E-state index in [9.17, 15) is 4.79 Å². The van der Waals surface area contributed by atoms with Crippen molar-refractivity contribution in [3.8, 4) is 11.5 Å². The number of nitrogens with one attached hydrogen (secondary N) is 1. The van der Waals surface area contributed by atoms with E-state index >= 15 is 0 Å². The first-order valence-electron chi connectivity index (χ1n) is 8.77. The van der Waals surface area contributed by atoms with Gasteiger partial charge in [-0.3, -0.25) is 0 Å². The molecule has 0 bridgehead atoms. The highest BCUT2D eigenvalue weighted by atomic mass is 35.5. The van der Waals surface area contributed by atoms with Crippen LogP contribution < -0.4 is 14.8 Å². The Morgan fingerprint density at radius 2 is 1.96 bits per heavy atom. The minimum Gasteiger partial charge on any atom is -0.493 e. The van der Waals surface area contributed by atoms with Crippen LogP contribution in [0.4, 0.5) is 10.5 Å². The third kappa shape index (κ3) is 4.62. The van der Waals surface area contributed by atoms with Crippen LogP contribution in [0.5, 0.6) is 11.5 Å². The number of thioether (sulfide) groups is 1. The molecule has 1 heterocycles. The molecular weight excluding hydrogens is 384 g/mol. The summed E-state index contributed by atoms with van der Waals surface area (Å²) in [6, 6.07) is 13.2. The number of hydrogen-bond acceptors (Lipinski definition) is 4. The smallest absolute Gasteiger partial charge is 0.321 e. The monoisotopic (exact) mass is 406 g/mol. The largest absolute Gasteiger partial charge is 0.493 e. The third-order valence-electron chi connectivity index (χ3n) is 4.53. The van der Waals surface area contributed by atoms with Crippen LogP contribution in [0.1, 0.15) is 17.2 Å². The Kier molecular flexibility index (Phi) is 6.74. The van der Waals surface area contributed by atoms with Crippen LogP contribution in [0, 0.1) is 0 Å². The van der Waals surface area contributed by atoms with Crippen molar-refractivity contribution < 1.29 is 14.3 Å². The van der Waals surface area contributed by atoms with Gasteiger partial charge in [-0.25, -0.2) is 4.79 Å². The van der Waals surface area contributed by atoms with Crippen LogP contribution in [0.15, 0.2) is 42.5 Å². The molecule has 1 saturated heterocycles. The quantitative estimate of drug-likeness (QED) is 0.770. The van der Waals surface area contributed by atoms with Crippen molar-refractivity contribution in [3.05, 3.63) is 53.1 Å². The summed E-state index contributed by atoms with van der Waals surface area (Å²) in [6.45, 7) is 1.35. The first-order valence-corrected chi connectivity index (χ1v) is 10.2. The Morgan fingerprint density at radius 1 is 1.15 bits per heavy atom. The minimum atomic E-state index is -0.137. The minimum absolute atomic E-state index is 0.137. The highest BCUT2D eigenvalue weighted by Crippen LogP contribution is 2.38. The Bertz CT molecular complexity index is 803. The molecule has 3 rings (SSSR count). The van der Waals surface area contributed by atoms with E-state index in [0.717, 1.165) is 22.8 Å². The molecule has 1 atom stereocenters. The van der Waals surface area contributed by atoms with E-state index in [0.29, 0.717) is 35.5 Å². The second kappa shape index (κ2) is 9.24. The van der Waals surface area contributed by atoms with Crippen LogP contribution in [0.3, 0.4) is 0 Å². The van der Waals surface area contributed by atoms with E-state index in [4.69, 9.17) is 21.1 Å². The van der Waals surface area contributed by atoms with Crippen LogP contribution in [0.25, 0.3) is 0 Å². The van der Waals surface area contributed by atoms with Gasteiger partial charge in [-0.15, -0.1) is 0 Å². The van der Waals surface area contributed by atoms with Gasteiger partial charge in [0.1, 0.15) is 0 Å². The summed E-state index contributed by atoms with van der Waals surface area (Å²) in [7, 11) is 3.13. The predicted molar refractivity (Wildman–Crippen MR) is 111 cm³/mol. The zero-order valence-electron chi connectivity index (χ0n) is 15.4. The van der Waals surface area contributed by atoms with Crippen molar-refractivity contribution in [2.24, 2.45) is 0 Å². The highest BCUT2D eigenvalue weighted by molar-refractivity contribution is 7.99. The van der Waals surface area contributed by atoms with Gasteiger partial charge < -0.3 is 19.7 Å². The molecule has 2 amide bonds. The van der Waals surface area contributed by atoms with Crippen LogP contribution in [-0.4, -0.2) is 44.0 Å². The fourth-order valence-corrected chi connectivity index (χ4v) is 4.74. The maximum atomic E-state index is 12.8. The summed E-state index contributed by atoms with van der Waals surface area (Å²) in [5.41, 5.74) is 1.74. The van der Waals surface area contributed by atoms with Gasteiger partial charge in [0.15, 0.2) is 11.5 Å². The Labute approximate surface area is 169 Å². The maximum absolute atomic E-state index is 12.8. The molecule has 1 fully saturated rings. The molecule has 7 heteroatoms. The van der Waals surface area contributed by atoms with E-state index < -0.39 is 0 Å². The summed E-state index contributed by atoms with van der Waals surface area (Å²) >= 11 is 8.19. The van der Waals surface area contributed by atoms with E-state index in [1.54, 1.807) is 26.4 Å². The molecule has 1 N–H and O–H groups in total. The molecule has 2 aromatic rings. The number of rotatable bonds is 4. The summed E-state index contributed by atoms with van der Waals surface area (Å²) in [4.78, 5) is 14.6. The molecule has 1 aliphatic heterocycles. The van der Waals surface area contributed by atoms with Gasteiger partial charge in [0.25, 0.3) is 0 Å². The van der Waals surface area contributed by atoms with Crippen LogP contribution in [0.2, 0.25) is 5.02 Å². The van der Waals surface area contributed by atoms with Gasteiger partial charge in [-0.1, -0.05) is 35.9 Å². The standard InChI is InChI=1S/C20H23ClN2O3S/c1-25-17-9-5-8-16(19(17)26-2)22-20(24)23-11-10-18(27-13-12-23)14-6-3-4-7-15(14)21/h3-9,18H,10-13H2,1-2H3,(H,22,24). The molecule has 0 saturated carbocycles. The predicted octanol–water partition coefficient (Wildman–Crippen LogP) is 5.07. The number of para-hydroxylation sites is 1. The molecule has 0 radical (unpaired) electrons. The average Bonchev–Trinajstić information content (AvgIpc) is 2.94. The first-order chi connectivity index (χ1) is 13.1. The molecule has 2 aromatic carbocycles. The van der Waals surface area contributed by atoms with Crippen molar-refractivity contribution in [1.29, 1.82) is 0 Å². The molecule has 0 spiro atoms. The first kappa shape index (κ1) is 19.7. The van der Waals surface area contributed by atoms with Crippen molar-refractivity contribution in [1.82, 2.24) is 4.90 Å². The number of methoxy groups -OCH3 is 2. The number of halogens is 1. The summed E-state index contributed by atoms with van der Waals surface area (Å²) in [6.07, 6.45) is 0.858. The Hall–Kier alpha value is -2.05. The number of carbonyl (C=O) groups is 1. The van der Waals surface area contributed by atoms with E-state index in [-0.39, 0.29) is 6.03 Å². The lowest BCUT2D eigenvalue weighted by atomic mass is 10.1. The zero-order chi connectivity index (χ0) is 19.2. The lowest BCUT2D eigenvalue weighted by Gasteiger charge is -2.22. The van der Waals surface area contributed by atoms with E-state index in [1.807, 2.05) is 40.9 Å². The molecule has 0 aliphatic carbocycles. The van der Waals surface area contributed by atoms with Gasteiger partial charge in [-0.05, 0) is 30.2 Å². The number of ether oxygens (including phenoxy) is 2. The van der Waals surface area contributed by atoms with Gasteiger partial charge >= 0.3 is 6.03 Å². The SMILES string of the molecule is COc1cccc(NC(=O)N2CCSC(c3ccccc3Cl)CC2)c1OC. The van der Waals surface area contributed by atoms with Crippen molar-refractivity contribution >= 4 is 35.1 Å². The number of carbonyl (C=O) groups excluding carboxylic acids is 1. The van der Waals surface area contributed by atoms with Crippen molar-refractivity contribution in [2.45, 2.75) is 11.7 Å². The lowest BCUT2D eigenvalue weighted by molar-refractivity contribution is 0.215. The summed E-state index contributed by atoms with van der Waals surface area (Å²) < 4.78 is 10.7. The molecule has 1 unspecified atom stereocenters. The Balaban J connectivity index is 1.68. The molecular formula is C20H23ClN2O3S. The van der Waals surface area contributed by atoms with Crippen molar-refractivity contribution in [2.75, 3.05) is 38.4 Å². The molecule has 144 valence electrons.